The average molecular weight is 287 g/mol. The number of hydrogen-bond donors (Lipinski definition) is 2. The Hall–Kier alpha value is -2.44. The number of aromatic amines is 1. The number of amides is 1. The number of fused-ring (bicyclic) bond motifs is 1. The van der Waals surface area contributed by atoms with Crippen molar-refractivity contribution in [2.45, 2.75) is 32.2 Å². The van der Waals surface area contributed by atoms with Gasteiger partial charge in [-0.25, -0.2) is 0 Å². The number of aromatic nitrogens is 4. The second-order valence-corrected chi connectivity index (χ2v) is 5.15. The molecule has 0 spiro atoms. The van der Waals surface area contributed by atoms with E-state index in [0.717, 1.165) is 36.9 Å². The first kappa shape index (κ1) is 13.5. The topological polar surface area (TPSA) is 92.7 Å². The van der Waals surface area contributed by atoms with Crippen molar-refractivity contribution in [1.82, 2.24) is 25.3 Å². The average Bonchev–Trinajstić information content (AvgIpc) is 2.99. The van der Waals surface area contributed by atoms with Crippen LogP contribution in [0.15, 0.2) is 23.3 Å². The Morgan fingerprint density at radius 3 is 3.05 bits per heavy atom. The summed E-state index contributed by atoms with van der Waals surface area (Å²) in [5.74, 6) is -0.343. The molecule has 0 saturated heterocycles. The first-order valence-corrected chi connectivity index (χ1v) is 7.11. The van der Waals surface area contributed by atoms with Crippen LogP contribution in [-0.4, -0.2) is 32.4 Å². The maximum Gasteiger partial charge on any atom is 0.261 e. The van der Waals surface area contributed by atoms with Gasteiger partial charge in [0.05, 0.1) is 12.7 Å². The molecule has 0 aromatic carbocycles. The summed E-state index contributed by atoms with van der Waals surface area (Å²) in [6.07, 6.45) is 7.30. The van der Waals surface area contributed by atoms with Gasteiger partial charge < -0.3 is 10.3 Å². The van der Waals surface area contributed by atoms with E-state index in [-0.39, 0.29) is 17.0 Å². The van der Waals surface area contributed by atoms with E-state index in [1.165, 1.54) is 0 Å². The Labute approximate surface area is 121 Å². The summed E-state index contributed by atoms with van der Waals surface area (Å²) in [5.41, 5.74) is 1.94. The van der Waals surface area contributed by atoms with E-state index in [1.54, 1.807) is 23.1 Å². The summed E-state index contributed by atoms with van der Waals surface area (Å²) in [6.45, 7) is 0.924. The van der Waals surface area contributed by atoms with Crippen LogP contribution in [0.25, 0.3) is 0 Å². The number of carbonyl (C=O) groups is 1. The lowest BCUT2D eigenvalue weighted by molar-refractivity contribution is 0.0950. The molecule has 21 heavy (non-hydrogen) atoms. The van der Waals surface area contributed by atoms with Crippen LogP contribution in [0.2, 0.25) is 0 Å². The van der Waals surface area contributed by atoms with Crippen LogP contribution in [0.3, 0.4) is 0 Å². The number of aryl methyl sites for hydroxylation is 2. The van der Waals surface area contributed by atoms with Crippen LogP contribution in [0.4, 0.5) is 0 Å². The summed E-state index contributed by atoms with van der Waals surface area (Å²) in [4.78, 5) is 26.9. The van der Waals surface area contributed by atoms with Crippen LogP contribution < -0.4 is 10.9 Å². The highest BCUT2D eigenvalue weighted by Gasteiger charge is 2.16. The molecule has 2 heterocycles. The quantitative estimate of drug-likeness (QED) is 0.844. The van der Waals surface area contributed by atoms with Gasteiger partial charge in [0.2, 0.25) is 0 Å². The van der Waals surface area contributed by atoms with Crippen molar-refractivity contribution in [1.29, 1.82) is 0 Å². The summed E-state index contributed by atoms with van der Waals surface area (Å²) in [5, 5.41) is 10.2. The summed E-state index contributed by atoms with van der Waals surface area (Å²) in [7, 11) is 0. The molecule has 1 aliphatic rings. The molecule has 1 amide bonds. The highest BCUT2D eigenvalue weighted by Crippen LogP contribution is 2.18. The van der Waals surface area contributed by atoms with Crippen molar-refractivity contribution in [3.8, 4) is 0 Å². The van der Waals surface area contributed by atoms with E-state index in [4.69, 9.17) is 0 Å². The molecule has 0 atom stereocenters. The van der Waals surface area contributed by atoms with E-state index >= 15 is 0 Å². The molecule has 110 valence electrons. The zero-order chi connectivity index (χ0) is 14.7. The number of pyridine rings is 1. The number of carbonyl (C=O) groups excluding carboxylic acids is 1. The molecule has 0 unspecified atom stereocenters. The number of rotatable bonds is 4. The van der Waals surface area contributed by atoms with E-state index < -0.39 is 0 Å². The summed E-state index contributed by atoms with van der Waals surface area (Å²) in [6, 6.07) is 1.73. The Morgan fingerprint density at radius 2 is 2.24 bits per heavy atom. The first-order valence-electron chi connectivity index (χ1n) is 7.11. The van der Waals surface area contributed by atoms with Crippen molar-refractivity contribution in [3.05, 3.63) is 45.6 Å². The highest BCUT2D eigenvalue weighted by molar-refractivity contribution is 5.94. The molecule has 2 N–H and O–H groups in total. The molecule has 0 aliphatic heterocycles. The standard InChI is InChI=1S/C14H17N5O2/c20-13(15-5-7-19-8-6-16-18-19)11-9-10-3-1-2-4-12(10)17-14(11)21/h6,8-9H,1-5,7H2,(H,15,20)(H,17,21). The minimum absolute atomic E-state index is 0.189. The third-order valence-electron chi connectivity index (χ3n) is 3.68. The van der Waals surface area contributed by atoms with Crippen LogP contribution in [0.1, 0.15) is 34.5 Å². The lowest BCUT2D eigenvalue weighted by Gasteiger charge is -2.15. The largest absolute Gasteiger partial charge is 0.350 e. The van der Waals surface area contributed by atoms with Gasteiger partial charge in [0.15, 0.2) is 0 Å². The molecule has 3 rings (SSSR count). The molecule has 7 heteroatoms. The fourth-order valence-corrected chi connectivity index (χ4v) is 2.57. The lowest BCUT2D eigenvalue weighted by Crippen LogP contribution is -2.33. The van der Waals surface area contributed by atoms with Gasteiger partial charge in [0, 0.05) is 18.4 Å². The van der Waals surface area contributed by atoms with Gasteiger partial charge >= 0.3 is 0 Å². The van der Waals surface area contributed by atoms with Gasteiger partial charge in [-0.15, -0.1) is 5.10 Å². The third kappa shape index (κ3) is 3.01. The Balaban J connectivity index is 1.68. The van der Waals surface area contributed by atoms with Gasteiger partial charge in [-0.05, 0) is 37.3 Å². The van der Waals surface area contributed by atoms with Crippen molar-refractivity contribution in [3.63, 3.8) is 0 Å². The van der Waals surface area contributed by atoms with Crippen molar-refractivity contribution >= 4 is 5.91 Å². The molecule has 7 nitrogen and oxygen atoms in total. The number of nitrogens with zero attached hydrogens (tertiary/aromatic N) is 3. The maximum atomic E-state index is 12.1. The third-order valence-corrected chi connectivity index (χ3v) is 3.68. The zero-order valence-electron chi connectivity index (χ0n) is 11.6. The zero-order valence-corrected chi connectivity index (χ0v) is 11.6. The molecular formula is C14H17N5O2. The van der Waals surface area contributed by atoms with Crippen LogP contribution in [0.5, 0.6) is 0 Å². The lowest BCUT2D eigenvalue weighted by atomic mass is 9.95. The molecule has 0 radical (unpaired) electrons. The molecule has 0 fully saturated rings. The van der Waals surface area contributed by atoms with Crippen molar-refractivity contribution in [2.75, 3.05) is 6.54 Å². The second-order valence-electron chi connectivity index (χ2n) is 5.15. The van der Waals surface area contributed by atoms with E-state index in [9.17, 15) is 9.59 Å². The van der Waals surface area contributed by atoms with Gasteiger partial charge in [0.25, 0.3) is 11.5 Å². The fraction of sp³-hybridized carbons (Fsp3) is 0.429. The monoisotopic (exact) mass is 287 g/mol. The number of nitrogens with one attached hydrogen (secondary N) is 2. The molecular weight excluding hydrogens is 270 g/mol. The predicted octanol–water partition coefficient (Wildman–Crippen LogP) is 0.275. The number of H-pyrrole nitrogens is 1. The van der Waals surface area contributed by atoms with Gasteiger partial charge in [-0.3, -0.25) is 14.3 Å². The fourth-order valence-electron chi connectivity index (χ4n) is 2.57. The SMILES string of the molecule is O=C(NCCn1ccnn1)c1cc2c([nH]c1=O)CCCC2. The molecule has 1 aliphatic carbocycles. The van der Waals surface area contributed by atoms with Crippen molar-refractivity contribution in [2.24, 2.45) is 0 Å². The second kappa shape index (κ2) is 5.90. The van der Waals surface area contributed by atoms with Crippen LogP contribution >= 0.6 is 0 Å². The highest BCUT2D eigenvalue weighted by atomic mass is 16.2. The van der Waals surface area contributed by atoms with Crippen molar-refractivity contribution < 1.29 is 4.79 Å². The minimum Gasteiger partial charge on any atom is -0.350 e. The Bertz CT molecular complexity index is 690. The predicted molar refractivity (Wildman–Crippen MR) is 76.1 cm³/mol. The van der Waals surface area contributed by atoms with E-state index in [2.05, 4.69) is 20.6 Å². The summed E-state index contributed by atoms with van der Waals surface area (Å²) < 4.78 is 1.62. The van der Waals surface area contributed by atoms with Gasteiger partial charge in [-0.2, -0.15) is 0 Å². The first-order chi connectivity index (χ1) is 10.2. The smallest absolute Gasteiger partial charge is 0.261 e. The normalized spacial score (nSPS) is 13.7. The summed E-state index contributed by atoms with van der Waals surface area (Å²) >= 11 is 0. The molecule has 2 aromatic rings. The van der Waals surface area contributed by atoms with Crippen LogP contribution in [-0.2, 0) is 19.4 Å². The molecule has 2 aromatic heterocycles. The minimum atomic E-state index is -0.343. The number of hydrogen-bond acceptors (Lipinski definition) is 4. The van der Waals surface area contributed by atoms with Gasteiger partial charge in [-0.1, -0.05) is 5.21 Å². The maximum absolute atomic E-state index is 12.1. The Kier molecular flexibility index (Phi) is 3.81. The van der Waals surface area contributed by atoms with Gasteiger partial charge in [0.1, 0.15) is 5.56 Å². The molecule has 0 bridgehead atoms. The van der Waals surface area contributed by atoms with E-state index in [1.807, 2.05) is 0 Å². The van der Waals surface area contributed by atoms with Crippen LogP contribution in [0, 0.1) is 0 Å². The molecule has 0 saturated carbocycles. The van der Waals surface area contributed by atoms with E-state index in [0.29, 0.717) is 13.1 Å². The Morgan fingerprint density at radius 1 is 1.38 bits per heavy atom.